The molecule has 5 nitrogen and oxygen atoms in total. The third-order valence-corrected chi connectivity index (χ3v) is 5.12. The largest absolute Gasteiger partial charge is 0.491 e. The Morgan fingerprint density at radius 1 is 1.14 bits per heavy atom. The lowest BCUT2D eigenvalue weighted by molar-refractivity contribution is 0.0946. The molecule has 0 aliphatic heterocycles. The molecule has 4 rings (SSSR count). The average molecular weight is 404 g/mol. The van der Waals surface area contributed by atoms with E-state index in [-0.39, 0.29) is 12.0 Å². The summed E-state index contributed by atoms with van der Waals surface area (Å²) in [5.41, 5.74) is 4.06. The molecule has 0 unspecified atom stereocenters. The first-order valence-corrected chi connectivity index (χ1v) is 10.4. The van der Waals surface area contributed by atoms with Crippen LogP contribution >= 0.6 is 11.3 Å². The van der Waals surface area contributed by atoms with Crippen molar-refractivity contribution < 1.29 is 9.53 Å². The summed E-state index contributed by atoms with van der Waals surface area (Å²) in [7, 11) is 0. The Balaban J connectivity index is 1.58. The van der Waals surface area contributed by atoms with Crippen LogP contribution in [-0.2, 0) is 6.54 Å². The highest BCUT2D eigenvalue weighted by Crippen LogP contribution is 2.28. The molecule has 29 heavy (non-hydrogen) atoms. The number of nitrogens with zero attached hydrogens (tertiary/aromatic N) is 2. The van der Waals surface area contributed by atoms with E-state index >= 15 is 0 Å². The summed E-state index contributed by atoms with van der Waals surface area (Å²) >= 11 is 1.62. The molecular formula is C23H21N3O2S. The normalized spacial score (nSPS) is 11.0. The van der Waals surface area contributed by atoms with Crippen molar-refractivity contribution >= 4 is 28.1 Å². The second kappa shape index (κ2) is 8.41. The quantitative estimate of drug-likeness (QED) is 0.488. The van der Waals surface area contributed by atoms with E-state index in [1.165, 1.54) is 0 Å². The number of rotatable bonds is 6. The van der Waals surface area contributed by atoms with Crippen molar-refractivity contribution in [2.45, 2.75) is 26.5 Å². The van der Waals surface area contributed by atoms with Crippen LogP contribution in [0.3, 0.4) is 0 Å². The number of benzene rings is 1. The maximum absolute atomic E-state index is 12.8. The molecule has 6 heteroatoms. The highest BCUT2D eigenvalue weighted by Gasteiger charge is 2.13. The summed E-state index contributed by atoms with van der Waals surface area (Å²) in [4.78, 5) is 21.7. The molecule has 0 aliphatic rings. The molecule has 0 bridgehead atoms. The van der Waals surface area contributed by atoms with Gasteiger partial charge in [0.2, 0.25) is 0 Å². The maximum atomic E-state index is 12.8. The molecule has 0 aliphatic carbocycles. The van der Waals surface area contributed by atoms with Gasteiger partial charge in [-0.05, 0) is 54.4 Å². The SMILES string of the molecule is CC(C)Oc1ccccc1CNC(=O)c1ccc2cncc(-c3ccsc3)c2n1. The number of nitrogens with one attached hydrogen (secondary N) is 1. The summed E-state index contributed by atoms with van der Waals surface area (Å²) in [6.07, 6.45) is 3.62. The van der Waals surface area contributed by atoms with E-state index in [1.807, 2.05) is 55.6 Å². The van der Waals surface area contributed by atoms with Crippen molar-refractivity contribution in [1.29, 1.82) is 0 Å². The van der Waals surface area contributed by atoms with Crippen molar-refractivity contribution in [1.82, 2.24) is 15.3 Å². The van der Waals surface area contributed by atoms with E-state index < -0.39 is 0 Å². The third-order valence-electron chi connectivity index (χ3n) is 4.44. The van der Waals surface area contributed by atoms with E-state index in [4.69, 9.17) is 4.74 Å². The van der Waals surface area contributed by atoms with Gasteiger partial charge in [-0.25, -0.2) is 4.98 Å². The van der Waals surface area contributed by atoms with Gasteiger partial charge in [-0.2, -0.15) is 11.3 Å². The number of carbonyl (C=O) groups is 1. The van der Waals surface area contributed by atoms with Crippen LogP contribution < -0.4 is 10.1 Å². The number of aromatic nitrogens is 2. The third kappa shape index (κ3) is 4.27. The molecule has 0 saturated heterocycles. The molecule has 1 aromatic carbocycles. The minimum atomic E-state index is -0.223. The minimum absolute atomic E-state index is 0.0677. The number of carbonyl (C=O) groups excluding carboxylic acids is 1. The molecule has 1 N–H and O–H groups in total. The molecule has 1 amide bonds. The number of fused-ring (bicyclic) bond motifs is 1. The van der Waals surface area contributed by atoms with Crippen LogP contribution in [0.2, 0.25) is 0 Å². The Morgan fingerprint density at radius 2 is 2.00 bits per heavy atom. The predicted molar refractivity (Wildman–Crippen MR) is 116 cm³/mol. The van der Waals surface area contributed by atoms with Crippen molar-refractivity contribution in [2.24, 2.45) is 0 Å². The molecule has 3 heterocycles. The van der Waals surface area contributed by atoms with Crippen molar-refractivity contribution in [3.05, 3.63) is 76.9 Å². The highest BCUT2D eigenvalue weighted by atomic mass is 32.1. The number of pyridine rings is 2. The van der Waals surface area contributed by atoms with E-state index in [0.29, 0.717) is 12.2 Å². The van der Waals surface area contributed by atoms with E-state index in [0.717, 1.165) is 33.3 Å². The number of para-hydroxylation sites is 1. The molecular weight excluding hydrogens is 382 g/mol. The Morgan fingerprint density at radius 3 is 2.79 bits per heavy atom. The molecule has 146 valence electrons. The zero-order valence-electron chi connectivity index (χ0n) is 16.3. The first-order valence-electron chi connectivity index (χ1n) is 9.42. The summed E-state index contributed by atoms with van der Waals surface area (Å²) in [5, 5.41) is 7.92. The van der Waals surface area contributed by atoms with Crippen LogP contribution in [0.25, 0.3) is 22.0 Å². The van der Waals surface area contributed by atoms with Gasteiger partial charge in [-0.1, -0.05) is 18.2 Å². The Hall–Kier alpha value is -3.25. The van der Waals surface area contributed by atoms with Gasteiger partial charge in [0, 0.05) is 35.5 Å². The van der Waals surface area contributed by atoms with Crippen molar-refractivity contribution in [2.75, 3.05) is 0 Å². The minimum Gasteiger partial charge on any atom is -0.491 e. The number of ether oxygens (including phenoxy) is 1. The molecule has 0 saturated carbocycles. The summed E-state index contributed by atoms with van der Waals surface area (Å²) in [6.45, 7) is 4.33. The molecule has 0 atom stereocenters. The lowest BCUT2D eigenvalue weighted by Crippen LogP contribution is -2.24. The Labute approximate surface area is 173 Å². The predicted octanol–water partition coefficient (Wildman–Crippen LogP) is 5.08. The second-order valence-electron chi connectivity index (χ2n) is 6.92. The van der Waals surface area contributed by atoms with E-state index in [1.54, 1.807) is 29.8 Å². The lowest BCUT2D eigenvalue weighted by atomic mass is 10.1. The fraction of sp³-hybridized carbons (Fsp3) is 0.174. The number of amides is 1. The first kappa shape index (κ1) is 19.1. The number of thiophene rings is 1. The smallest absolute Gasteiger partial charge is 0.270 e. The van der Waals surface area contributed by atoms with Gasteiger partial charge in [0.1, 0.15) is 11.4 Å². The van der Waals surface area contributed by atoms with Crippen LogP contribution in [0.5, 0.6) is 5.75 Å². The van der Waals surface area contributed by atoms with Gasteiger partial charge in [0.25, 0.3) is 5.91 Å². The van der Waals surface area contributed by atoms with Gasteiger partial charge >= 0.3 is 0 Å². The standard InChI is InChI=1S/C23H21N3O2S/c1-15(2)28-21-6-4-3-5-16(21)12-25-23(27)20-8-7-17-11-24-13-19(22(17)26-20)18-9-10-29-14-18/h3-11,13-15H,12H2,1-2H3,(H,25,27). The lowest BCUT2D eigenvalue weighted by Gasteiger charge is -2.14. The van der Waals surface area contributed by atoms with Gasteiger partial charge in [0.05, 0.1) is 11.6 Å². The van der Waals surface area contributed by atoms with Gasteiger partial charge in [-0.15, -0.1) is 0 Å². The maximum Gasteiger partial charge on any atom is 0.270 e. The average Bonchev–Trinajstić information content (AvgIpc) is 3.26. The zero-order valence-corrected chi connectivity index (χ0v) is 17.1. The zero-order chi connectivity index (χ0) is 20.2. The monoisotopic (exact) mass is 403 g/mol. The van der Waals surface area contributed by atoms with E-state index in [9.17, 15) is 4.79 Å². The van der Waals surface area contributed by atoms with Crippen molar-refractivity contribution in [3.8, 4) is 16.9 Å². The summed E-state index contributed by atoms with van der Waals surface area (Å²) in [6, 6.07) is 13.4. The molecule has 4 aromatic rings. The summed E-state index contributed by atoms with van der Waals surface area (Å²) < 4.78 is 5.83. The van der Waals surface area contributed by atoms with Gasteiger partial charge in [-0.3, -0.25) is 9.78 Å². The number of hydrogen-bond donors (Lipinski definition) is 1. The fourth-order valence-electron chi connectivity index (χ4n) is 3.08. The number of hydrogen-bond acceptors (Lipinski definition) is 5. The summed E-state index contributed by atoms with van der Waals surface area (Å²) in [5.74, 6) is 0.555. The van der Waals surface area contributed by atoms with Crippen LogP contribution in [-0.4, -0.2) is 22.0 Å². The van der Waals surface area contributed by atoms with Gasteiger partial charge < -0.3 is 10.1 Å². The Bertz CT molecular complexity index is 1140. The van der Waals surface area contributed by atoms with E-state index in [2.05, 4.69) is 20.7 Å². The molecule has 3 aromatic heterocycles. The first-order chi connectivity index (χ1) is 14.1. The molecule has 0 radical (unpaired) electrons. The van der Waals surface area contributed by atoms with Crippen LogP contribution in [0, 0.1) is 0 Å². The van der Waals surface area contributed by atoms with Crippen molar-refractivity contribution in [3.63, 3.8) is 0 Å². The molecule has 0 fully saturated rings. The van der Waals surface area contributed by atoms with Crippen LogP contribution in [0.1, 0.15) is 29.9 Å². The van der Waals surface area contributed by atoms with Crippen LogP contribution in [0.4, 0.5) is 0 Å². The molecule has 0 spiro atoms. The fourth-order valence-corrected chi connectivity index (χ4v) is 3.74. The Kier molecular flexibility index (Phi) is 5.53. The van der Waals surface area contributed by atoms with Gasteiger partial charge in [0.15, 0.2) is 0 Å². The van der Waals surface area contributed by atoms with Crippen LogP contribution in [0.15, 0.2) is 65.6 Å². The topological polar surface area (TPSA) is 64.1 Å². The second-order valence-corrected chi connectivity index (χ2v) is 7.70. The highest BCUT2D eigenvalue weighted by molar-refractivity contribution is 7.08.